The second-order valence-electron chi connectivity index (χ2n) is 10.2. The van der Waals surface area contributed by atoms with Crippen LogP contribution in [0.5, 0.6) is 5.75 Å². The number of carbonyl (C=O) groups excluding carboxylic acids is 1. The SMILES string of the molecule is CCOC(=O)Cc1c(Cl)ncc(-c2ccc(OCCc3ccc(F)cc3)cc2)c1N1CCC(C)(C)CC1. The first kappa shape index (κ1) is 26.9. The van der Waals surface area contributed by atoms with Gasteiger partial charge in [0.2, 0.25) is 0 Å². The fourth-order valence-corrected chi connectivity index (χ4v) is 4.82. The van der Waals surface area contributed by atoms with Crippen molar-refractivity contribution in [3.05, 3.63) is 76.8 Å². The summed E-state index contributed by atoms with van der Waals surface area (Å²) in [7, 11) is 0. The van der Waals surface area contributed by atoms with Crippen molar-refractivity contribution in [2.75, 3.05) is 31.2 Å². The predicted octanol–water partition coefficient (Wildman–Crippen LogP) is 6.89. The molecule has 0 atom stereocenters. The lowest BCUT2D eigenvalue weighted by Gasteiger charge is -2.40. The van der Waals surface area contributed by atoms with Gasteiger partial charge in [-0.25, -0.2) is 9.37 Å². The van der Waals surface area contributed by atoms with Crippen LogP contribution in [0.15, 0.2) is 54.7 Å². The molecule has 0 N–H and O–H groups in total. The van der Waals surface area contributed by atoms with Gasteiger partial charge in [-0.2, -0.15) is 0 Å². The molecule has 0 bridgehead atoms. The highest BCUT2D eigenvalue weighted by atomic mass is 35.5. The Kier molecular flexibility index (Phi) is 8.70. The molecule has 0 saturated carbocycles. The number of halogens is 2. The summed E-state index contributed by atoms with van der Waals surface area (Å²) in [5, 5.41) is 0.331. The van der Waals surface area contributed by atoms with Gasteiger partial charge in [0.05, 0.1) is 25.3 Å². The van der Waals surface area contributed by atoms with E-state index in [4.69, 9.17) is 21.1 Å². The molecule has 0 amide bonds. The second-order valence-corrected chi connectivity index (χ2v) is 10.5. The molecule has 3 aromatic rings. The number of hydrogen-bond acceptors (Lipinski definition) is 5. The van der Waals surface area contributed by atoms with Gasteiger partial charge in [0.1, 0.15) is 16.7 Å². The van der Waals surface area contributed by atoms with Crippen LogP contribution >= 0.6 is 11.6 Å². The van der Waals surface area contributed by atoms with Crippen molar-refractivity contribution >= 4 is 23.3 Å². The third kappa shape index (κ3) is 7.01. The molecule has 1 saturated heterocycles. The molecule has 1 fully saturated rings. The third-order valence-corrected chi connectivity index (χ3v) is 7.22. The van der Waals surface area contributed by atoms with Crippen LogP contribution in [0.25, 0.3) is 11.1 Å². The normalized spacial score (nSPS) is 14.9. The largest absolute Gasteiger partial charge is 0.493 e. The predicted molar refractivity (Wildman–Crippen MR) is 146 cm³/mol. The lowest BCUT2D eigenvalue weighted by Crippen LogP contribution is -2.38. The molecule has 1 aliphatic heterocycles. The fourth-order valence-electron chi connectivity index (χ4n) is 4.61. The molecule has 5 nitrogen and oxygen atoms in total. The van der Waals surface area contributed by atoms with Crippen molar-refractivity contribution in [1.29, 1.82) is 0 Å². The number of piperidine rings is 1. The highest BCUT2D eigenvalue weighted by Gasteiger charge is 2.29. The van der Waals surface area contributed by atoms with Crippen LogP contribution in [-0.4, -0.2) is 37.3 Å². The molecule has 0 aliphatic carbocycles. The van der Waals surface area contributed by atoms with Gasteiger partial charge >= 0.3 is 5.97 Å². The van der Waals surface area contributed by atoms with E-state index in [9.17, 15) is 9.18 Å². The first-order valence-electron chi connectivity index (χ1n) is 12.8. The maximum atomic E-state index is 13.1. The molecule has 2 aromatic carbocycles. The molecule has 7 heteroatoms. The number of anilines is 1. The Labute approximate surface area is 223 Å². The number of pyridine rings is 1. The van der Waals surface area contributed by atoms with Crippen LogP contribution in [0.2, 0.25) is 5.15 Å². The Bertz CT molecular complexity index is 1200. The molecule has 1 aliphatic rings. The Balaban J connectivity index is 1.57. The number of carbonyl (C=O) groups is 1. The molecular formula is C30H34ClFN2O3. The van der Waals surface area contributed by atoms with E-state index in [1.165, 1.54) is 12.1 Å². The zero-order valence-electron chi connectivity index (χ0n) is 21.7. The average Bonchev–Trinajstić information content (AvgIpc) is 2.87. The topological polar surface area (TPSA) is 51.7 Å². The van der Waals surface area contributed by atoms with Gasteiger partial charge in [-0.15, -0.1) is 0 Å². The summed E-state index contributed by atoms with van der Waals surface area (Å²) in [6, 6.07) is 14.3. The lowest BCUT2D eigenvalue weighted by molar-refractivity contribution is -0.142. The van der Waals surface area contributed by atoms with Crippen molar-refractivity contribution in [1.82, 2.24) is 4.98 Å². The number of esters is 1. The van der Waals surface area contributed by atoms with Gasteiger partial charge in [0, 0.05) is 36.8 Å². The van der Waals surface area contributed by atoms with Gasteiger partial charge in [0.15, 0.2) is 0 Å². The molecule has 0 unspecified atom stereocenters. The number of nitrogens with zero attached hydrogens (tertiary/aromatic N) is 2. The highest BCUT2D eigenvalue weighted by Crippen LogP contribution is 2.41. The van der Waals surface area contributed by atoms with Crippen molar-refractivity contribution in [3.63, 3.8) is 0 Å². The first-order valence-corrected chi connectivity index (χ1v) is 13.2. The van der Waals surface area contributed by atoms with Gasteiger partial charge in [0.25, 0.3) is 0 Å². The van der Waals surface area contributed by atoms with E-state index in [-0.39, 0.29) is 23.6 Å². The zero-order valence-corrected chi connectivity index (χ0v) is 22.5. The zero-order chi connectivity index (χ0) is 26.4. The molecular weight excluding hydrogens is 491 g/mol. The highest BCUT2D eigenvalue weighted by molar-refractivity contribution is 6.31. The summed E-state index contributed by atoms with van der Waals surface area (Å²) in [6.45, 7) is 8.94. The number of aromatic nitrogens is 1. The molecule has 0 spiro atoms. The Morgan fingerprint density at radius 3 is 2.41 bits per heavy atom. The summed E-state index contributed by atoms with van der Waals surface area (Å²) in [4.78, 5) is 19.2. The second kappa shape index (κ2) is 12.0. The van der Waals surface area contributed by atoms with E-state index >= 15 is 0 Å². The van der Waals surface area contributed by atoms with Crippen molar-refractivity contribution in [2.45, 2.75) is 46.5 Å². The van der Waals surface area contributed by atoms with E-state index in [0.29, 0.717) is 30.4 Å². The van der Waals surface area contributed by atoms with Gasteiger partial charge in [-0.3, -0.25) is 4.79 Å². The monoisotopic (exact) mass is 524 g/mol. The van der Waals surface area contributed by atoms with Crippen LogP contribution in [0, 0.1) is 11.2 Å². The van der Waals surface area contributed by atoms with E-state index < -0.39 is 0 Å². The number of rotatable bonds is 9. The van der Waals surface area contributed by atoms with Gasteiger partial charge in [-0.05, 0) is 60.6 Å². The summed E-state index contributed by atoms with van der Waals surface area (Å²) < 4.78 is 24.3. The smallest absolute Gasteiger partial charge is 0.310 e. The minimum atomic E-state index is -0.313. The quantitative estimate of drug-likeness (QED) is 0.225. The molecule has 2 heterocycles. The standard InChI is InChI=1S/C30H34ClFN2O3/c1-4-36-27(35)19-25-28(34-16-14-30(2,3)15-17-34)26(20-33-29(25)31)22-7-11-24(12-8-22)37-18-13-21-5-9-23(32)10-6-21/h5-12,20H,4,13-19H2,1-3H3. The minimum absolute atomic E-state index is 0.0767. The molecule has 1 aromatic heterocycles. The van der Waals surface area contributed by atoms with E-state index in [1.807, 2.05) is 24.3 Å². The maximum absolute atomic E-state index is 13.1. The van der Waals surface area contributed by atoms with E-state index in [2.05, 4.69) is 23.7 Å². The molecule has 196 valence electrons. The molecule has 4 rings (SSSR count). The average molecular weight is 525 g/mol. The first-order chi connectivity index (χ1) is 17.8. The number of benzene rings is 2. The van der Waals surface area contributed by atoms with Gasteiger partial charge in [-0.1, -0.05) is 49.7 Å². The fraction of sp³-hybridized carbons (Fsp3) is 0.400. The Hall–Kier alpha value is -3.12. The van der Waals surface area contributed by atoms with Crippen LogP contribution in [-0.2, 0) is 22.4 Å². The number of ether oxygens (including phenoxy) is 2. The van der Waals surface area contributed by atoms with Crippen LogP contribution < -0.4 is 9.64 Å². The van der Waals surface area contributed by atoms with E-state index in [0.717, 1.165) is 54.1 Å². The third-order valence-electron chi connectivity index (χ3n) is 6.89. The lowest BCUT2D eigenvalue weighted by atomic mass is 9.82. The van der Waals surface area contributed by atoms with Crippen molar-refractivity contribution in [3.8, 4) is 16.9 Å². The maximum Gasteiger partial charge on any atom is 0.310 e. The molecule has 37 heavy (non-hydrogen) atoms. The van der Waals surface area contributed by atoms with Gasteiger partial charge < -0.3 is 14.4 Å². The Morgan fingerprint density at radius 1 is 1.08 bits per heavy atom. The number of hydrogen-bond donors (Lipinski definition) is 0. The summed E-state index contributed by atoms with van der Waals surface area (Å²) in [5.41, 5.74) is 4.86. The van der Waals surface area contributed by atoms with Crippen LogP contribution in [0.4, 0.5) is 10.1 Å². The summed E-state index contributed by atoms with van der Waals surface area (Å²) in [5.74, 6) is 0.197. The Morgan fingerprint density at radius 2 is 1.76 bits per heavy atom. The minimum Gasteiger partial charge on any atom is -0.493 e. The van der Waals surface area contributed by atoms with Crippen LogP contribution in [0.3, 0.4) is 0 Å². The summed E-state index contributed by atoms with van der Waals surface area (Å²) >= 11 is 6.56. The van der Waals surface area contributed by atoms with E-state index in [1.54, 1.807) is 25.3 Å². The van der Waals surface area contributed by atoms with Crippen molar-refractivity contribution in [2.24, 2.45) is 5.41 Å². The van der Waals surface area contributed by atoms with Crippen LogP contribution in [0.1, 0.15) is 44.7 Å². The summed E-state index contributed by atoms with van der Waals surface area (Å²) in [6.07, 6.45) is 4.65. The molecule has 0 radical (unpaired) electrons. The van der Waals surface area contributed by atoms with Crippen molar-refractivity contribution < 1.29 is 18.7 Å².